The maximum atomic E-state index is 14.6. The van der Waals surface area contributed by atoms with Crippen LogP contribution in [0.15, 0.2) is 76.7 Å². The van der Waals surface area contributed by atoms with E-state index in [9.17, 15) is 18.8 Å². The Hall–Kier alpha value is -3.98. The summed E-state index contributed by atoms with van der Waals surface area (Å²) < 4.78 is 15.7. The van der Waals surface area contributed by atoms with Gasteiger partial charge in [-0.05, 0) is 55.3 Å². The summed E-state index contributed by atoms with van der Waals surface area (Å²) >= 11 is 0.989. The second-order valence-corrected chi connectivity index (χ2v) is 8.81. The Labute approximate surface area is 205 Å². The number of benzene rings is 3. The largest absolute Gasteiger partial charge is 0.346 e. The quantitative estimate of drug-likeness (QED) is 0.302. The van der Waals surface area contributed by atoms with Crippen molar-refractivity contribution in [2.45, 2.75) is 19.0 Å². The van der Waals surface area contributed by atoms with Crippen LogP contribution in [0.2, 0.25) is 0 Å². The highest BCUT2D eigenvalue weighted by Gasteiger charge is 2.17. The van der Waals surface area contributed by atoms with Crippen LogP contribution in [-0.2, 0) is 9.59 Å². The van der Waals surface area contributed by atoms with Crippen LogP contribution in [0.1, 0.15) is 11.1 Å². The first kappa shape index (κ1) is 24.2. The van der Waals surface area contributed by atoms with Gasteiger partial charge in [-0.3, -0.25) is 19.0 Å². The number of nitrogens with one attached hydrogen (secondary N) is 2. The van der Waals surface area contributed by atoms with E-state index in [1.165, 1.54) is 22.8 Å². The molecule has 3 aromatic carbocycles. The minimum absolute atomic E-state index is 0.0477. The molecule has 7 nitrogen and oxygen atoms in total. The maximum Gasteiger partial charge on any atom is 0.266 e. The van der Waals surface area contributed by atoms with Crippen LogP contribution < -0.4 is 16.2 Å². The van der Waals surface area contributed by atoms with E-state index in [2.05, 4.69) is 15.6 Å². The normalized spacial score (nSPS) is 10.8. The van der Waals surface area contributed by atoms with Gasteiger partial charge in [-0.2, -0.15) is 0 Å². The van der Waals surface area contributed by atoms with E-state index < -0.39 is 17.3 Å². The van der Waals surface area contributed by atoms with Crippen molar-refractivity contribution in [1.82, 2.24) is 14.9 Å². The average Bonchev–Trinajstić information content (AvgIpc) is 2.85. The lowest BCUT2D eigenvalue weighted by Crippen LogP contribution is -2.34. The van der Waals surface area contributed by atoms with Crippen molar-refractivity contribution < 1.29 is 14.0 Å². The van der Waals surface area contributed by atoms with Crippen molar-refractivity contribution in [3.05, 3.63) is 94.0 Å². The van der Waals surface area contributed by atoms with Crippen LogP contribution in [0.25, 0.3) is 16.6 Å². The number of carbonyl (C=O) groups excluding carboxylic acids is 2. The summed E-state index contributed by atoms with van der Waals surface area (Å²) in [5.74, 6) is -1.48. The van der Waals surface area contributed by atoms with E-state index in [1.54, 1.807) is 36.4 Å². The van der Waals surface area contributed by atoms with Crippen molar-refractivity contribution in [3.8, 4) is 5.69 Å². The summed E-state index contributed by atoms with van der Waals surface area (Å²) in [5, 5.41) is 5.87. The molecule has 0 bridgehead atoms. The SMILES string of the molecule is Cc1cccc(NC(=O)CNC(=O)CSc2nc3ccccc3c(=O)n2-c2ccccc2F)c1C. The topological polar surface area (TPSA) is 93.1 Å². The average molecular weight is 491 g/mol. The predicted octanol–water partition coefficient (Wildman–Crippen LogP) is 3.99. The zero-order chi connectivity index (χ0) is 24.9. The molecule has 0 aliphatic heterocycles. The minimum Gasteiger partial charge on any atom is -0.346 e. The minimum atomic E-state index is -0.582. The summed E-state index contributed by atoms with van der Waals surface area (Å²) in [6, 6.07) is 18.2. The number of rotatable bonds is 7. The molecule has 0 spiro atoms. The first-order chi connectivity index (χ1) is 16.8. The van der Waals surface area contributed by atoms with Gasteiger partial charge in [0, 0.05) is 5.69 Å². The molecule has 2 N–H and O–H groups in total. The Morgan fingerprint density at radius 1 is 0.971 bits per heavy atom. The van der Waals surface area contributed by atoms with E-state index in [1.807, 2.05) is 26.0 Å². The second-order valence-electron chi connectivity index (χ2n) is 7.86. The Bertz CT molecular complexity index is 1490. The summed E-state index contributed by atoms with van der Waals surface area (Å²) in [4.78, 5) is 42.4. The van der Waals surface area contributed by atoms with E-state index in [0.717, 1.165) is 22.9 Å². The van der Waals surface area contributed by atoms with E-state index in [4.69, 9.17) is 0 Å². The van der Waals surface area contributed by atoms with Crippen molar-refractivity contribution in [3.63, 3.8) is 0 Å². The highest BCUT2D eigenvalue weighted by atomic mass is 32.2. The molecular formula is C26H23FN4O3S. The Morgan fingerprint density at radius 2 is 1.71 bits per heavy atom. The molecule has 0 unspecified atom stereocenters. The third-order valence-electron chi connectivity index (χ3n) is 5.50. The lowest BCUT2D eigenvalue weighted by molar-refractivity contribution is -0.122. The fourth-order valence-electron chi connectivity index (χ4n) is 3.50. The number of amides is 2. The van der Waals surface area contributed by atoms with Crippen LogP contribution >= 0.6 is 11.8 Å². The van der Waals surface area contributed by atoms with Gasteiger partial charge < -0.3 is 10.6 Å². The highest BCUT2D eigenvalue weighted by molar-refractivity contribution is 7.99. The van der Waals surface area contributed by atoms with Crippen LogP contribution in [0.3, 0.4) is 0 Å². The zero-order valence-corrected chi connectivity index (χ0v) is 20.0. The molecule has 0 aliphatic rings. The molecule has 1 aromatic heterocycles. The summed E-state index contributed by atoms with van der Waals surface area (Å²) in [6.45, 7) is 3.65. The number of fused-ring (bicyclic) bond motifs is 1. The molecule has 0 saturated carbocycles. The first-order valence-corrected chi connectivity index (χ1v) is 11.9. The van der Waals surface area contributed by atoms with Gasteiger partial charge in [0.2, 0.25) is 11.8 Å². The van der Waals surface area contributed by atoms with E-state index in [0.29, 0.717) is 16.6 Å². The van der Waals surface area contributed by atoms with Gasteiger partial charge in [-0.1, -0.05) is 48.2 Å². The second kappa shape index (κ2) is 10.5. The molecular weight excluding hydrogens is 467 g/mol. The number of hydrogen-bond acceptors (Lipinski definition) is 5. The van der Waals surface area contributed by atoms with Crippen LogP contribution in [0.5, 0.6) is 0 Å². The number of hydrogen-bond donors (Lipinski definition) is 2. The molecule has 35 heavy (non-hydrogen) atoms. The molecule has 4 rings (SSSR count). The fourth-order valence-corrected chi connectivity index (χ4v) is 4.33. The zero-order valence-electron chi connectivity index (χ0n) is 19.2. The Kier molecular flexibility index (Phi) is 7.26. The number of halogens is 1. The predicted molar refractivity (Wildman–Crippen MR) is 136 cm³/mol. The van der Waals surface area contributed by atoms with E-state index >= 15 is 0 Å². The molecule has 178 valence electrons. The van der Waals surface area contributed by atoms with Gasteiger partial charge in [0.25, 0.3) is 5.56 Å². The van der Waals surface area contributed by atoms with Crippen molar-refractivity contribution in [2.75, 3.05) is 17.6 Å². The van der Waals surface area contributed by atoms with Crippen LogP contribution in [-0.4, -0.2) is 33.7 Å². The number of nitrogens with zero attached hydrogens (tertiary/aromatic N) is 2. The van der Waals surface area contributed by atoms with Crippen molar-refractivity contribution in [1.29, 1.82) is 0 Å². The number of carbonyl (C=O) groups is 2. The molecule has 4 aromatic rings. The number of anilines is 1. The van der Waals surface area contributed by atoms with Crippen molar-refractivity contribution in [2.24, 2.45) is 0 Å². The molecule has 0 aliphatic carbocycles. The Morgan fingerprint density at radius 3 is 2.51 bits per heavy atom. The van der Waals surface area contributed by atoms with Gasteiger partial charge in [0.05, 0.1) is 28.9 Å². The van der Waals surface area contributed by atoms with E-state index in [-0.39, 0.29) is 29.0 Å². The molecule has 9 heteroatoms. The van der Waals surface area contributed by atoms with Gasteiger partial charge >= 0.3 is 0 Å². The smallest absolute Gasteiger partial charge is 0.266 e. The fraction of sp³-hybridized carbons (Fsp3) is 0.154. The van der Waals surface area contributed by atoms with Gasteiger partial charge in [0.1, 0.15) is 5.82 Å². The number of aromatic nitrogens is 2. The van der Waals surface area contributed by atoms with Crippen LogP contribution in [0.4, 0.5) is 10.1 Å². The third-order valence-corrected chi connectivity index (χ3v) is 6.43. The maximum absolute atomic E-state index is 14.6. The van der Waals surface area contributed by atoms with Gasteiger partial charge in [-0.15, -0.1) is 0 Å². The number of thioether (sulfide) groups is 1. The molecule has 0 radical (unpaired) electrons. The number of aryl methyl sites for hydroxylation is 1. The van der Waals surface area contributed by atoms with Gasteiger partial charge in [-0.25, -0.2) is 9.37 Å². The molecule has 1 heterocycles. The number of para-hydroxylation sites is 2. The Balaban J connectivity index is 1.49. The lowest BCUT2D eigenvalue weighted by atomic mass is 10.1. The van der Waals surface area contributed by atoms with Gasteiger partial charge in [0.15, 0.2) is 5.16 Å². The van der Waals surface area contributed by atoms with Crippen LogP contribution in [0, 0.1) is 19.7 Å². The molecule has 0 saturated heterocycles. The highest BCUT2D eigenvalue weighted by Crippen LogP contribution is 2.23. The molecule has 0 fully saturated rings. The standard InChI is InChI=1S/C26H23FN4O3S/c1-16-8-7-12-20(17(16)2)29-23(32)14-28-24(33)15-35-26-30-21-11-5-3-9-18(21)25(34)31(26)22-13-6-4-10-19(22)27/h3-13H,14-15H2,1-2H3,(H,28,33)(H,29,32). The summed E-state index contributed by atoms with van der Waals surface area (Å²) in [7, 11) is 0. The molecule has 0 atom stereocenters. The summed E-state index contributed by atoms with van der Waals surface area (Å²) in [5.41, 5.74) is 2.75. The third kappa shape index (κ3) is 5.41. The molecule has 2 amide bonds. The van der Waals surface area contributed by atoms with Crippen molar-refractivity contribution >= 4 is 40.2 Å². The monoisotopic (exact) mass is 490 g/mol. The first-order valence-electron chi connectivity index (χ1n) is 10.9. The lowest BCUT2D eigenvalue weighted by Gasteiger charge is -2.14. The summed E-state index contributed by atoms with van der Waals surface area (Å²) in [6.07, 6.45) is 0.